The van der Waals surface area contributed by atoms with Crippen molar-refractivity contribution < 1.29 is 19.1 Å². The Morgan fingerprint density at radius 3 is 2.63 bits per heavy atom. The lowest BCUT2D eigenvalue weighted by atomic mass is 10.2. The summed E-state index contributed by atoms with van der Waals surface area (Å²) in [4.78, 5) is 24.2. The van der Waals surface area contributed by atoms with Gasteiger partial charge >= 0.3 is 12.0 Å². The van der Waals surface area contributed by atoms with Gasteiger partial charge in [-0.05, 0) is 13.5 Å². The summed E-state index contributed by atoms with van der Waals surface area (Å²) in [6, 6.07) is -0.179. The number of amides is 1. The summed E-state index contributed by atoms with van der Waals surface area (Å²) in [5.41, 5.74) is 0. The largest absolute Gasteiger partial charge is 0.481 e. The molecular formula is C11H18N4O4. The lowest BCUT2D eigenvalue weighted by Gasteiger charge is -2.25. The van der Waals surface area contributed by atoms with Crippen LogP contribution in [-0.4, -0.2) is 51.2 Å². The molecule has 0 aliphatic heterocycles. The van der Waals surface area contributed by atoms with Crippen LogP contribution in [0.25, 0.3) is 0 Å². The van der Waals surface area contributed by atoms with Gasteiger partial charge in [-0.2, -0.15) is 0 Å². The molecule has 0 aliphatic rings. The molecule has 0 bridgehead atoms. The Hall–Kier alpha value is -1.96. The van der Waals surface area contributed by atoms with Gasteiger partial charge in [0.2, 0.25) is 11.8 Å². The van der Waals surface area contributed by atoms with Gasteiger partial charge in [0.05, 0.1) is 13.0 Å². The first kappa shape index (κ1) is 15.1. The van der Waals surface area contributed by atoms with Gasteiger partial charge in [-0.25, -0.2) is 0 Å². The Balaban J connectivity index is 2.50. The monoisotopic (exact) mass is 270 g/mol. The van der Waals surface area contributed by atoms with Crippen molar-refractivity contribution >= 4 is 17.9 Å². The molecule has 1 rings (SSSR count). The van der Waals surface area contributed by atoms with E-state index in [1.165, 1.54) is 0 Å². The Morgan fingerprint density at radius 1 is 1.47 bits per heavy atom. The molecule has 1 aromatic rings. The van der Waals surface area contributed by atoms with E-state index in [1.807, 2.05) is 6.92 Å². The number of carboxylic acid groups (broad SMARTS) is 1. The molecule has 1 heterocycles. The van der Waals surface area contributed by atoms with Gasteiger partial charge in [0.15, 0.2) is 0 Å². The lowest BCUT2D eigenvalue weighted by Crippen LogP contribution is -2.40. The molecule has 0 aromatic carbocycles. The zero-order valence-corrected chi connectivity index (χ0v) is 11.2. The minimum atomic E-state index is -0.890. The average Bonchev–Trinajstić information content (AvgIpc) is 2.70. The van der Waals surface area contributed by atoms with E-state index in [9.17, 15) is 9.59 Å². The summed E-state index contributed by atoms with van der Waals surface area (Å²) < 4.78 is 5.03. The first-order chi connectivity index (χ1) is 8.92. The van der Waals surface area contributed by atoms with E-state index >= 15 is 0 Å². The number of nitrogens with zero attached hydrogens (tertiary/aromatic N) is 3. The number of hydrogen-bond donors (Lipinski definition) is 2. The van der Waals surface area contributed by atoms with Crippen LogP contribution in [0.5, 0.6) is 0 Å². The Bertz CT molecular complexity index is 446. The van der Waals surface area contributed by atoms with Crippen molar-refractivity contribution in [1.82, 2.24) is 15.1 Å². The summed E-state index contributed by atoms with van der Waals surface area (Å²) in [6.07, 6.45) is -0.0131. The molecule has 1 amide bonds. The minimum Gasteiger partial charge on any atom is -0.481 e. The SMILES string of the molecule is CCN(CC(=O)Nc1nnc(C)o1)C(C)CC(=O)O. The van der Waals surface area contributed by atoms with Gasteiger partial charge in [0, 0.05) is 13.0 Å². The summed E-state index contributed by atoms with van der Waals surface area (Å²) >= 11 is 0. The van der Waals surface area contributed by atoms with Crippen LogP contribution in [0.3, 0.4) is 0 Å². The predicted octanol–water partition coefficient (Wildman–Crippen LogP) is 0.502. The smallest absolute Gasteiger partial charge is 0.322 e. The number of aliphatic carboxylic acids is 1. The average molecular weight is 270 g/mol. The highest BCUT2D eigenvalue weighted by atomic mass is 16.4. The number of aryl methyl sites for hydroxylation is 1. The predicted molar refractivity (Wildman–Crippen MR) is 66.6 cm³/mol. The maximum Gasteiger partial charge on any atom is 0.322 e. The third-order valence-electron chi connectivity index (χ3n) is 2.62. The molecule has 19 heavy (non-hydrogen) atoms. The van der Waals surface area contributed by atoms with E-state index in [-0.39, 0.29) is 30.9 Å². The summed E-state index contributed by atoms with van der Waals surface area (Å²) in [5.74, 6) is -0.844. The maximum absolute atomic E-state index is 11.8. The fourth-order valence-corrected chi connectivity index (χ4v) is 1.65. The number of aromatic nitrogens is 2. The topological polar surface area (TPSA) is 109 Å². The van der Waals surface area contributed by atoms with Gasteiger partial charge in [-0.15, -0.1) is 5.10 Å². The number of nitrogens with one attached hydrogen (secondary N) is 1. The van der Waals surface area contributed by atoms with Crippen molar-refractivity contribution in [3.63, 3.8) is 0 Å². The molecule has 1 aromatic heterocycles. The molecular weight excluding hydrogens is 252 g/mol. The first-order valence-electron chi connectivity index (χ1n) is 5.98. The van der Waals surface area contributed by atoms with E-state index in [0.717, 1.165) is 0 Å². The molecule has 106 valence electrons. The van der Waals surface area contributed by atoms with Crippen molar-refractivity contribution in [2.75, 3.05) is 18.4 Å². The van der Waals surface area contributed by atoms with E-state index in [2.05, 4.69) is 15.5 Å². The van der Waals surface area contributed by atoms with Crippen LogP contribution in [0.15, 0.2) is 4.42 Å². The van der Waals surface area contributed by atoms with Gasteiger partial charge in [0.25, 0.3) is 0 Å². The molecule has 0 fully saturated rings. The number of anilines is 1. The summed E-state index contributed by atoms with van der Waals surface area (Å²) in [7, 11) is 0. The number of likely N-dealkylation sites (N-methyl/N-ethyl adjacent to an activating group) is 1. The Kier molecular flexibility index (Phi) is 5.43. The minimum absolute atomic E-state index is 0.0131. The highest BCUT2D eigenvalue weighted by Gasteiger charge is 2.19. The molecule has 2 N–H and O–H groups in total. The molecule has 0 saturated heterocycles. The zero-order chi connectivity index (χ0) is 14.4. The highest BCUT2D eigenvalue weighted by molar-refractivity contribution is 5.90. The standard InChI is InChI=1S/C11H18N4O4/c1-4-15(7(2)5-10(17)18)6-9(16)12-11-14-13-8(3)19-11/h7H,4-6H2,1-3H3,(H,17,18)(H,12,14,16). The molecule has 0 aliphatic carbocycles. The molecule has 1 unspecified atom stereocenters. The van der Waals surface area contributed by atoms with Crippen LogP contribution in [-0.2, 0) is 9.59 Å². The highest BCUT2D eigenvalue weighted by Crippen LogP contribution is 2.06. The van der Waals surface area contributed by atoms with Crippen molar-refractivity contribution in [1.29, 1.82) is 0 Å². The molecule has 1 atom stereocenters. The summed E-state index contributed by atoms with van der Waals surface area (Å²) in [6.45, 7) is 5.90. The quantitative estimate of drug-likeness (QED) is 0.742. The van der Waals surface area contributed by atoms with E-state index < -0.39 is 5.97 Å². The van der Waals surface area contributed by atoms with Crippen molar-refractivity contribution in [2.45, 2.75) is 33.2 Å². The van der Waals surface area contributed by atoms with Crippen LogP contribution in [0.2, 0.25) is 0 Å². The first-order valence-corrected chi connectivity index (χ1v) is 5.98. The van der Waals surface area contributed by atoms with Crippen molar-refractivity contribution in [3.05, 3.63) is 5.89 Å². The second-order valence-electron chi connectivity index (χ2n) is 4.18. The molecule has 0 saturated carbocycles. The maximum atomic E-state index is 11.8. The number of hydrogen-bond acceptors (Lipinski definition) is 6. The number of carboxylic acids is 1. The van der Waals surface area contributed by atoms with Crippen LogP contribution < -0.4 is 5.32 Å². The van der Waals surface area contributed by atoms with Crippen molar-refractivity contribution in [3.8, 4) is 0 Å². The van der Waals surface area contributed by atoms with Crippen molar-refractivity contribution in [2.24, 2.45) is 0 Å². The second kappa shape index (κ2) is 6.83. The molecule has 8 heteroatoms. The zero-order valence-electron chi connectivity index (χ0n) is 11.2. The van der Waals surface area contributed by atoms with Gasteiger partial charge < -0.3 is 9.52 Å². The fraction of sp³-hybridized carbons (Fsp3) is 0.636. The van der Waals surface area contributed by atoms with E-state index in [1.54, 1.807) is 18.7 Å². The second-order valence-corrected chi connectivity index (χ2v) is 4.18. The van der Waals surface area contributed by atoms with E-state index in [4.69, 9.17) is 9.52 Å². The van der Waals surface area contributed by atoms with E-state index in [0.29, 0.717) is 12.4 Å². The molecule has 0 radical (unpaired) electrons. The van der Waals surface area contributed by atoms with Gasteiger partial charge in [0.1, 0.15) is 0 Å². The third kappa shape index (κ3) is 5.04. The van der Waals surface area contributed by atoms with Crippen LogP contribution >= 0.6 is 0 Å². The van der Waals surface area contributed by atoms with Crippen LogP contribution in [0.4, 0.5) is 6.01 Å². The number of carbonyl (C=O) groups is 2. The number of carbonyl (C=O) groups excluding carboxylic acids is 1. The third-order valence-corrected chi connectivity index (χ3v) is 2.62. The Labute approximate surface area is 110 Å². The Morgan fingerprint density at radius 2 is 2.16 bits per heavy atom. The van der Waals surface area contributed by atoms with Crippen LogP contribution in [0.1, 0.15) is 26.2 Å². The molecule has 0 spiro atoms. The summed E-state index contributed by atoms with van der Waals surface area (Å²) in [5, 5.41) is 18.4. The van der Waals surface area contributed by atoms with Crippen LogP contribution in [0, 0.1) is 6.92 Å². The normalized spacial score (nSPS) is 12.4. The number of rotatable bonds is 7. The molecule has 8 nitrogen and oxygen atoms in total. The fourth-order valence-electron chi connectivity index (χ4n) is 1.65. The van der Waals surface area contributed by atoms with Gasteiger partial charge in [-0.1, -0.05) is 12.0 Å². The van der Waals surface area contributed by atoms with Gasteiger partial charge in [-0.3, -0.25) is 19.8 Å². The lowest BCUT2D eigenvalue weighted by molar-refractivity contribution is -0.138.